The summed E-state index contributed by atoms with van der Waals surface area (Å²) in [4.78, 5) is 2.73. The smallest absolute Gasteiger partial charge is 0.187 e. The molecule has 0 aliphatic carbocycles. The Hall–Kier alpha value is -4.48. The molecular weight excluding hydrogens is 1830 g/mol. The maximum absolute atomic E-state index is 7.49. The van der Waals surface area contributed by atoms with Crippen LogP contribution in [-0.4, -0.2) is 433 Å². The zero-order valence-corrected chi connectivity index (χ0v) is 84.1. The second kappa shape index (κ2) is 53.6. The van der Waals surface area contributed by atoms with Crippen LogP contribution >= 0.6 is 15.8 Å². The Labute approximate surface area is 808 Å². The minimum Gasteiger partial charge on any atom is -0.382 e. The Morgan fingerprint density at radius 2 is 0.467 bits per heavy atom. The van der Waals surface area contributed by atoms with E-state index in [0.717, 1.165) is 30.3 Å². The van der Waals surface area contributed by atoms with Crippen LogP contribution in [0.4, 0.5) is 0 Å². The van der Waals surface area contributed by atoms with E-state index < -0.39 is 231 Å². The van der Waals surface area contributed by atoms with Gasteiger partial charge in [0.2, 0.25) is 0 Å². The Kier molecular flexibility index (Phi) is 42.3. The molecule has 0 spiro atoms. The third-order valence-electron chi connectivity index (χ3n) is 27.5. The van der Waals surface area contributed by atoms with Crippen molar-refractivity contribution in [2.45, 2.75) is 246 Å². The number of hydrogen-bond acceptors (Lipinski definition) is 36. The molecule has 0 saturated carbocycles. The first kappa shape index (κ1) is 108. The number of likely N-dealkylation sites (tertiary alicyclic amines) is 1. The lowest BCUT2D eigenvalue weighted by molar-refractivity contribution is -0.402. The Balaban J connectivity index is 0.833. The molecule has 0 amide bonds. The van der Waals surface area contributed by atoms with Crippen LogP contribution in [0, 0.1) is 0 Å². The molecule has 5 aromatic carbocycles. The first-order valence-corrected chi connectivity index (χ1v) is 49.7. The molecule has 0 radical (unpaired) electrons. The van der Waals surface area contributed by atoms with Gasteiger partial charge < -0.3 is 166 Å². The van der Waals surface area contributed by atoms with Crippen molar-refractivity contribution in [3.05, 3.63) is 157 Å². The summed E-state index contributed by atoms with van der Waals surface area (Å²) in [7, 11) is 29.1. The first-order valence-electron chi connectivity index (χ1n) is 46.7. The fourth-order valence-electron chi connectivity index (χ4n) is 21.1. The molecule has 27 rings (SSSR count). The van der Waals surface area contributed by atoms with Crippen molar-refractivity contribution < 1.29 is 166 Å². The standard InChI is InChI=1S/C99H145NO35P2/c1-101-49-65-72-79(107-7)87(115-15)94(123-65)131-74-67(51-103-3)125-96(89(117-17)81(74)109-9)133-76-69(53-105-5)127-98(91(119-19)83(76)111-11)135-78-71(55-121-48-58-36-34-33-35-57(58)46-100-47-64(137(62-41-29-23-30-42-62)63-43-31-24-32-44-63)45-59(100)56-136(60-37-25-21-26-38-60)61-39-27-22-28-40-61)128-99(92(120-20)85(78)113-13)134-77-70(54-106-6)126-97(90(118-18)84(77)112-12)132-75-68(52-104-4)124-95(88(116-16)82(75)110-10)130-73-66(50-102-2)122-93(129-72)86(114-14)80(73)108-8/h21-44,59,64-99H,45-56H2,1-20H3/t59-,64-,65+,66+,67+,68+,69+,70+,71+,72+,73+,74+,75+,76+,77+,78+,79-,80-,81-,82-,83-,84-,85-,86+,87+,88+,89+,90+,91+,92+,93+,94+,95+,96+,97+,98+,99+/m0/s1. The largest absolute Gasteiger partial charge is 0.382 e. The summed E-state index contributed by atoms with van der Waals surface area (Å²) in [6, 6.07) is 52.8. The van der Waals surface area contributed by atoms with Crippen molar-refractivity contribution in [3.8, 4) is 0 Å². The van der Waals surface area contributed by atoms with Crippen LogP contribution in [0.1, 0.15) is 17.5 Å². The molecule has 36 nitrogen and oxygen atoms in total. The van der Waals surface area contributed by atoms with Crippen molar-refractivity contribution in [2.75, 3.05) is 201 Å². The zero-order valence-electron chi connectivity index (χ0n) is 82.3. The summed E-state index contributed by atoms with van der Waals surface area (Å²) < 4.78 is 234. The van der Waals surface area contributed by atoms with Crippen molar-refractivity contribution in [3.63, 3.8) is 0 Å². The van der Waals surface area contributed by atoms with Gasteiger partial charge in [0.25, 0.3) is 0 Å². The van der Waals surface area contributed by atoms with Gasteiger partial charge in [-0.2, -0.15) is 0 Å². The number of nitrogens with zero attached hydrogens (tertiary/aromatic N) is 1. The number of rotatable bonds is 39. The van der Waals surface area contributed by atoms with Gasteiger partial charge >= 0.3 is 0 Å². The molecule has 22 aliphatic rings. The summed E-state index contributed by atoms with van der Waals surface area (Å²) >= 11 is 0. The highest BCUT2D eigenvalue weighted by molar-refractivity contribution is 7.74. The monoisotopic (exact) mass is 1970 g/mol. The third kappa shape index (κ3) is 24.8. The van der Waals surface area contributed by atoms with Crippen LogP contribution in [0.25, 0.3) is 0 Å². The van der Waals surface area contributed by atoms with Crippen LogP contribution in [0.2, 0.25) is 0 Å². The molecule has 22 saturated heterocycles. The number of ether oxygens (including phenoxy) is 35. The average molecular weight is 1970 g/mol. The number of methoxy groups -OCH3 is 20. The minimum atomic E-state index is -1.32. The molecule has 38 heteroatoms. The molecule has 766 valence electrons. The average Bonchev–Trinajstić information content (AvgIpc) is 1.34. The summed E-state index contributed by atoms with van der Waals surface area (Å²) in [6.45, 7) is 1.16. The molecule has 0 N–H and O–H groups in total. The highest BCUT2D eigenvalue weighted by atomic mass is 31.1. The molecule has 37 atom stereocenters. The first-order chi connectivity index (χ1) is 67.1. The summed E-state index contributed by atoms with van der Waals surface area (Å²) in [5.74, 6) is 0. The number of benzene rings is 5. The molecule has 22 fully saturated rings. The highest BCUT2D eigenvalue weighted by Crippen LogP contribution is 2.50. The van der Waals surface area contributed by atoms with Crippen LogP contribution in [0.3, 0.4) is 0 Å². The van der Waals surface area contributed by atoms with Gasteiger partial charge in [0.05, 0.1) is 52.9 Å². The lowest BCUT2D eigenvalue weighted by atomic mass is 9.94. The van der Waals surface area contributed by atoms with Gasteiger partial charge in [0, 0.05) is 167 Å². The molecular formula is C99H145NO35P2. The molecule has 137 heavy (non-hydrogen) atoms. The van der Waals surface area contributed by atoms with Crippen LogP contribution < -0.4 is 21.2 Å². The minimum absolute atomic E-state index is 0.0527. The van der Waals surface area contributed by atoms with Gasteiger partial charge in [0.15, 0.2) is 44.0 Å². The van der Waals surface area contributed by atoms with Crippen molar-refractivity contribution in [2.24, 2.45) is 0 Å². The summed E-state index contributed by atoms with van der Waals surface area (Å²) in [5, 5.41) is 5.39. The lowest BCUT2D eigenvalue weighted by Gasteiger charge is -2.52. The van der Waals surface area contributed by atoms with E-state index in [2.05, 4.69) is 150 Å². The predicted octanol–water partition coefficient (Wildman–Crippen LogP) is 5.28. The van der Waals surface area contributed by atoms with Crippen LogP contribution in [0.15, 0.2) is 146 Å². The van der Waals surface area contributed by atoms with E-state index >= 15 is 0 Å². The molecule has 22 aliphatic heterocycles. The second-order valence-corrected chi connectivity index (χ2v) is 39.9. The fraction of sp³-hybridized carbons (Fsp3) is 0.697. The maximum atomic E-state index is 7.49. The summed E-state index contributed by atoms with van der Waals surface area (Å²) in [5.41, 5.74) is 2.42. The van der Waals surface area contributed by atoms with Crippen LogP contribution in [-0.2, 0) is 179 Å². The van der Waals surface area contributed by atoms with Gasteiger partial charge in [-0.1, -0.05) is 146 Å². The lowest BCUT2D eigenvalue weighted by Crippen LogP contribution is -2.69. The highest BCUT2D eigenvalue weighted by Gasteiger charge is 2.63. The fourth-order valence-corrected chi connectivity index (χ4v) is 26.6. The maximum Gasteiger partial charge on any atom is 0.187 e. The molecule has 14 bridgehead atoms. The van der Waals surface area contributed by atoms with Gasteiger partial charge in [-0.15, -0.1) is 0 Å². The molecule has 0 aromatic heterocycles. The molecule has 22 heterocycles. The van der Waals surface area contributed by atoms with Crippen LogP contribution in [0.5, 0.6) is 0 Å². The summed E-state index contributed by atoms with van der Waals surface area (Å²) in [6.07, 6.45) is -35.8. The van der Waals surface area contributed by atoms with Crippen molar-refractivity contribution in [1.29, 1.82) is 0 Å². The zero-order chi connectivity index (χ0) is 96.8. The normalized spacial score (nSPS) is 38.1. The third-order valence-corrected chi connectivity index (χ3v) is 32.9. The van der Waals surface area contributed by atoms with E-state index in [9.17, 15) is 0 Å². The van der Waals surface area contributed by atoms with Gasteiger partial charge in [-0.05, 0) is 60.8 Å². The second-order valence-electron chi connectivity index (χ2n) is 35.1. The Bertz CT molecular complexity index is 4150. The predicted molar refractivity (Wildman–Crippen MR) is 499 cm³/mol. The SMILES string of the molecule is COC[C@H]1O[C@@H]2O[C@H]3[C@H](OC)[C@@H](OC)[C@@H](O[C@H]4[C@H](OC)[C@@H](OC)[C@@H](O[C@H]5[C@H](OC)[C@@H](OC)[C@@H](O[C@H]6[C@H](OC)[C@@H](OC)[C@@H](O[C@H]7[C@H](OC)[C@@H](OC)[C@@H](O[C@H]8[C@H](OC)[C@@H](OC)[C@@H](O[C@H]1[C@H](OC)[C@H]2OC)O[C@@H]8COC)O[C@@H]7COC)O[C@@H]6COC)O[C@@H]5COCc1ccccc1CN1C[C@@H](P(c2ccccc2)c2ccccc2)C[C@H]1CP(c1ccccc1)c1ccccc1)O[C@@H]4COC)O[C@@H]3COC. The molecule has 5 aromatic rings. The topological polar surface area (TPSA) is 326 Å². The molecule has 0 unspecified atom stereocenters. The van der Waals surface area contributed by atoms with E-state index in [4.69, 9.17) is 166 Å². The van der Waals surface area contributed by atoms with E-state index in [-0.39, 0.29) is 58.9 Å². The van der Waals surface area contributed by atoms with Crippen molar-refractivity contribution in [1.82, 2.24) is 4.90 Å². The van der Waals surface area contributed by atoms with Crippen molar-refractivity contribution >= 4 is 37.1 Å². The van der Waals surface area contributed by atoms with E-state index in [1.807, 2.05) is 0 Å². The van der Waals surface area contributed by atoms with E-state index in [1.165, 1.54) is 128 Å². The van der Waals surface area contributed by atoms with Gasteiger partial charge in [-0.25, -0.2) is 0 Å². The van der Waals surface area contributed by atoms with Gasteiger partial charge in [-0.3, -0.25) is 4.90 Å². The number of hydrogen-bond donors (Lipinski definition) is 0. The Morgan fingerprint density at radius 1 is 0.248 bits per heavy atom. The van der Waals surface area contributed by atoms with E-state index in [1.54, 1.807) is 35.5 Å². The Morgan fingerprint density at radius 3 is 0.701 bits per heavy atom. The quantitative estimate of drug-likeness (QED) is 0.0451. The van der Waals surface area contributed by atoms with Gasteiger partial charge in [0.1, 0.15) is 171 Å². The van der Waals surface area contributed by atoms with E-state index in [0.29, 0.717) is 12.2 Å².